The number of fused-ring (bicyclic) bond motifs is 1. The van der Waals surface area contributed by atoms with Crippen LogP contribution >= 0.6 is 22.9 Å². The molecule has 234 valence electrons. The number of thiazole rings is 1. The SMILES string of the molecule is CCOC(=O)C1=C(C)N=c2s/c(=C/c3ccc(-c4cc(Cl)ccc4C(=O)OC(C)C)o3)c(=O)n2[C@@H]1c1cc(OC)ccc1OC. The molecule has 12 heteroatoms. The molecule has 0 saturated carbocycles. The molecule has 0 radical (unpaired) electrons. The van der Waals surface area contributed by atoms with Gasteiger partial charge in [0.05, 0.1) is 48.3 Å². The smallest absolute Gasteiger partial charge is 0.339 e. The molecular formula is C33H31ClN2O8S. The number of carbonyl (C=O) groups is 2. The largest absolute Gasteiger partial charge is 0.497 e. The maximum atomic E-state index is 14.1. The summed E-state index contributed by atoms with van der Waals surface area (Å²) in [5, 5.41) is 0.415. The molecule has 0 aliphatic carbocycles. The van der Waals surface area contributed by atoms with Crippen LogP contribution in [0.1, 0.15) is 55.4 Å². The third-order valence-electron chi connectivity index (χ3n) is 6.96. The second-order valence-corrected chi connectivity index (χ2v) is 11.7. The number of methoxy groups -OCH3 is 2. The van der Waals surface area contributed by atoms with Gasteiger partial charge in [0.25, 0.3) is 5.56 Å². The summed E-state index contributed by atoms with van der Waals surface area (Å²) in [4.78, 5) is 45.1. The number of benzene rings is 2. The third kappa shape index (κ3) is 6.31. The topological polar surface area (TPSA) is 119 Å². The molecule has 5 rings (SSSR count). The molecule has 1 aliphatic rings. The van der Waals surface area contributed by atoms with Crippen molar-refractivity contribution in [2.45, 2.75) is 39.8 Å². The Hall–Kier alpha value is -4.61. The summed E-state index contributed by atoms with van der Waals surface area (Å²) in [6, 6.07) is 12.5. The van der Waals surface area contributed by atoms with Crippen LogP contribution in [0, 0.1) is 0 Å². The number of nitrogens with zero attached hydrogens (tertiary/aromatic N) is 2. The van der Waals surface area contributed by atoms with Crippen molar-refractivity contribution in [2.24, 2.45) is 4.99 Å². The van der Waals surface area contributed by atoms with Gasteiger partial charge >= 0.3 is 11.9 Å². The summed E-state index contributed by atoms with van der Waals surface area (Å²) in [5.41, 5.74) is 1.51. The van der Waals surface area contributed by atoms with Crippen LogP contribution in [0.4, 0.5) is 0 Å². The number of halogens is 1. The van der Waals surface area contributed by atoms with Crippen LogP contribution in [-0.4, -0.2) is 43.4 Å². The van der Waals surface area contributed by atoms with Gasteiger partial charge in [0.2, 0.25) is 0 Å². The van der Waals surface area contributed by atoms with E-state index in [1.165, 1.54) is 18.8 Å². The van der Waals surface area contributed by atoms with Crippen molar-refractivity contribution in [1.29, 1.82) is 0 Å². The van der Waals surface area contributed by atoms with Crippen LogP contribution < -0.4 is 24.4 Å². The molecule has 10 nitrogen and oxygen atoms in total. The summed E-state index contributed by atoms with van der Waals surface area (Å²) < 4.78 is 29.7. The zero-order chi connectivity index (χ0) is 32.4. The molecule has 3 heterocycles. The van der Waals surface area contributed by atoms with E-state index >= 15 is 0 Å². The van der Waals surface area contributed by atoms with E-state index in [1.54, 1.807) is 82.3 Å². The first kappa shape index (κ1) is 31.8. The van der Waals surface area contributed by atoms with Gasteiger partial charge in [0.15, 0.2) is 4.80 Å². The van der Waals surface area contributed by atoms with Crippen LogP contribution in [-0.2, 0) is 14.3 Å². The number of ether oxygens (including phenoxy) is 4. The Bertz CT molecular complexity index is 2000. The van der Waals surface area contributed by atoms with Gasteiger partial charge in [-0.2, -0.15) is 0 Å². The molecule has 0 bridgehead atoms. The molecule has 0 spiro atoms. The number of carbonyl (C=O) groups excluding carboxylic acids is 2. The third-order valence-corrected chi connectivity index (χ3v) is 8.18. The molecule has 2 aromatic carbocycles. The van der Waals surface area contributed by atoms with Crippen molar-refractivity contribution in [3.05, 3.63) is 101 Å². The number of allylic oxidation sites excluding steroid dienone is 1. The molecule has 0 amide bonds. The number of hydrogen-bond donors (Lipinski definition) is 0. The van der Waals surface area contributed by atoms with E-state index in [1.807, 2.05) is 0 Å². The minimum absolute atomic E-state index is 0.145. The van der Waals surface area contributed by atoms with Gasteiger partial charge < -0.3 is 23.4 Å². The lowest BCUT2D eigenvalue weighted by Gasteiger charge is -2.26. The highest BCUT2D eigenvalue weighted by molar-refractivity contribution is 7.07. The average molecular weight is 651 g/mol. The monoisotopic (exact) mass is 650 g/mol. The summed E-state index contributed by atoms with van der Waals surface area (Å²) in [5.74, 6) is 0.597. The fourth-order valence-corrected chi connectivity index (χ4v) is 6.22. The van der Waals surface area contributed by atoms with Crippen molar-refractivity contribution in [2.75, 3.05) is 20.8 Å². The zero-order valence-electron chi connectivity index (χ0n) is 25.5. The Balaban J connectivity index is 1.65. The molecule has 45 heavy (non-hydrogen) atoms. The first-order valence-corrected chi connectivity index (χ1v) is 15.3. The molecule has 0 fully saturated rings. The van der Waals surface area contributed by atoms with E-state index in [0.29, 0.717) is 59.8 Å². The number of esters is 2. The molecule has 1 atom stereocenters. The van der Waals surface area contributed by atoms with E-state index in [-0.39, 0.29) is 18.3 Å². The fourth-order valence-electron chi connectivity index (χ4n) is 5.02. The number of rotatable bonds is 9. The van der Waals surface area contributed by atoms with Crippen LogP contribution in [0.5, 0.6) is 11.5 Å². The second-order valence-electron chi connectivity index (χ2n) is 10.3. The normalized spacial score (nSPS) is 14.7. The van der Waals surface area contributed by atoms with E-state index in [0.717, 1.165) is 11.3 Å². The highest BCUT2D eigenvalue weighted by Gasteiger charge is 2.35. The minimum atomic E-state index is -0.902. The van der Waals surface area contributed by atoms with Crippen molar-refractivity contribution in [1.82, 2.24) is 4.57 Å². The predicted molar refractivity (Wildman–Crippen MR) is 170 cm³/mol. The van der Waals surface area contributed by atoms with E-state index in [2.05, 4.69) is 4.99 Å². The van der Waals surface area contributed by atoms with E-state index in [9.17, 15) is 14.4 Å². The molecular weight excluding hydrogens is 620 g/mol. The average Bonchev–Trinajstić information content (AvgIpc) is 3.59. The van der Waals surface area contributed by atoms with E-state index < -0.39 is 23.5 Å². The number of furan rings is 1. The van der Waals surface area contributed by atoms with E-state index in [4.69, 9.17) is 35.0 Å². The first-order chi connectivity index (χ1) is 21.6. The standard InChI is InChI=1S/C33H31ClN2O8S/c1-7-42-32(39)28-18(4)35-33-36(29(28)24-15-20(40-5)9-12-25(24)41-6)30(37)27(45-33)16-21-10-13-26(44-21)23-14-19(34)8-11-22(23)31(38)43-17(2)3/h8-17,29H,7H2,1-6H3/b27-16+/t29-/m1/s1. The highest BCUT2D eigenvalue weighted by atomic mass is 35.5. The Morgan fingerprint density at radius 3 is 2.56 bits per heavy atom. The summed E-state index contributed by atoms with van der Waals surface area (Å²) in [6.07, 6.45) is 1.28. The summed E-state index contributed by atoms with van der Waals surface area (Å²) >= 11 is 7.40. The van der Waals surface area contributed by atoms with Gasteiger partial charge in [0.1, 0.15) is 29.1 Å². The van der Waals surface area contributed by atoms with Crippen LogP contribution in [0.15, 0.2) is 74.0 Å². The summed E-state index contributed by atoms with van der Waals surface area (Å²) in [7, 11) is 3.04. The Morgan fingerprint density at radius 2 is 1.87 bits per heavy atom. The molecule has 0 N–H and O–H groups in total. The zero-order valence-corrected chi connectivity index (χ0v) is 27.1. The highest BCUT2D eigenvalue weighted by Crippen LogP contribution is 2.38. The second kappa shape index (κ2) is 13.2. The van der Waals surface area contributed by atoms with Gasteiger partial charge in [-0.05, 0) is 76.2 Å². The van der Waals surface area contributed by atoms with Crippen LogP contribution in [0.3, 0.4) is 0 Å². The quantitative estimate of drug-likeness (QED) is 0.224. The molecule has 0 saturated heterocycles. The molecule has 1 aliphatic heterocycles. The Morgan fingerprint density at radius 1 is 1.09 bits per heavy atom. The maximum Gasteiger partial charge on any atom is 0.339 e. The lowest BCUT2D eigenvalue weighted by molar-refractivity contribution is -0.139. The van der Waals surface area contributed by atoms with Gasteiger partial charge in [-0.3, -0.25) is 9.36 Å². The van der Waals surface area contributed by atoms with Gasteiger partial charge in [-0.1, -0.05) is 22.9 Å². The van der Waals surface area contributed by atoms with Crippen LogP contribution in [0.25, 0.3) is 17.4 Å². The van der Waals surface area contributed by atoms with Gasteiger partial charge in [-0.25, -0.2) is 14.6 Å². The van der Waals surface area contributed by atoms with Crippen molar-refractivity contribution in [3.63, 3.8) is 0 Å². The fraction of sp³-hybridized carbons (Fsp3) is 0.273. The van der Waals surface area contributed by atoms with Crippen LogP contribution in [0.2, 0.25) is 5.02 Å². The van der Waals surface area contributed by atoms with Crippen molar-refractivity contribution < 1.29 is 33.0 Å². The number of hydrogen-bond acceptors (Lipinski definition) is 10. The lowest BCUT2D eigenvalue weighted by Crippen LogP contribution is -2.40. The molecule has 2 aromatic heterocycles. The van der Waals surface area contributed by atoms with Gasteiger partial charge in [-0.15, -0.1) is 0 Å². The molecule has 0 unspecified atom stereocenters. The summed E-state index contributed by atoms with van der Waals surface area (Å²) in [6.45, 7) is 7.09. The lowest BCUT2D eigenvalue weighted by atomic mass is 9.95. The Labute approximate surface area is 267 Å². The Kier molecular flexibility index (Phi) is 9.31. The number of aromatic nitrogens is 1. The maximum absolute atomic E-state index is 14.1. The van der Waals surface area contributed by atoms with Gasteiger partial charge in [0, 0.05) is 22.2 Å². The molecule has 4 aromatic rings. The van der Waals surface area contributed by atoms with Crippen molar-refractivity contribution >= 4 is 41.0 Å². The van der Waals surface area contributed by atoms with Crippen molar-refractivity contribution in [3.8, 4) is 22.8 Å². The minimum Gasteiger partial charge on any atom is -0.497 e. The predicted octanol–water partition coefficient (Wildman–Crippen LogP) is 5.29. The first-order valence-electron chi connectivity index (χ1n) is 14.1.